The Bertz CT molecular complexity index is 829. The van der Waals surface area contributed by atoms with Crippen molar-refractivity contribution in [1.29, 1.82) is 0 Å². The van der Waals surface area contributed by atoms with Gasteiger partial charge in [-0.05, 0) is 52.0 Å². The number of halogens is 1. The van der Waals surface area contributed by atoms with Crippen molar-refractivity contribution in [2.24, 2.45) is 0 Å². The lowest BCUT2D eigenvalue weighted by atomic mass is 10.2. The minimum Gasteiger partial charge on any atom is -0.459 e. The van der Waals surface area contributed by atoms with E-state index in [0.717, 1.165) is 10.0 Å². The Morgan fingerprint density at radius 1 is 1.30 bits per heavy atom. The highest BCUT2D eigenvalue weighted by molar-refractivity contribution is 9.10. The van der Waals surface area contributed by atoms with Crippen LogP contribution in [0.3, 0.4) is 0 Å². The highest BCUT2D eigenvalue weighted by atomic mass is 79.9. The van der Waals surface area contributed by atoms with Crippen molar-refractivity contribution < 1.29 is 23.1 Å². The largest absolute Gasteiger partial charge is 0.459 e. The number of hydrogen-bond donors (Lipinski definition) is 0. The average molecular weight is 459 g/mol. The molecule has 1 aromatic heterocycles. The molecule has 0 amide bonds. The molecule has 1 aromatic carbocycles. The van der Waals surface area contributed by atoms with E-state index >= 15 is 0 Å². The molecule has 2 aromatic rings. The molecule has 0 bridgehead atoms. The molecule has 0 radical (unpaired) electrons. The van der Waals surface area contributed by atoms with Gasteiger partial charge in [0.05, 0.1) is 6.61 Å². The van der Waals surface area contributed by atoms with Crippen molar-refractivity contribution in [3.8, 4) is 11.4 Å². The van der Waals surface area contributed by atoms with E-state index < -0.39 is 24.6 Å². The summed E-state index contributed by atoms with van der Waals surface area (Å²) in [7, 11) is -3.29. The summed E-state index contributed by atoms with van der Waals surface area (Å²) in [6.07, 6.45) is -0.0216. The normalized spacial score (nSPS) is 15.2. The number of ether oxygens (including phenoxy) is 1. The van der Waals surface area contributed by atoms with Gasteiger partial charge in [-0.2, -0.15) is 4.98 Å². The Morgan fingerprint density at radius 2 is 1.93 bits per heavy atom. The Labute approximate surface area is 167 Å². The maximum atomic E-state index is 12.9. The van der Waals surface area contributed by atoms with Crippen LogP contribution in [0.25, 0.3) is 11.4 Å². The molecule has 0 aliphatic heterocycles. The van der Waals surface area contributed by atoms with Gasteiger partial charge in [-0.15, -0.1) is 0 Å². The standard InChI is InChI=1S/C18H24BrN2O5P/c1-6-24-27(5,23)14(17(22)25-18(2,3)4)11-15-20-16(21-26-15)12-7-9-13(19)10-8-12/h7-10,14H,6,11H2,1-5H3. The van der Waals surface area contributed by atoms with Crippen LogP contribution in [0.15, 0.2) is 33.3 Å². The third-order valence-electron chi connectivity index (χ3n) is 3.57. The molecular weight excluding hydrogens is 435 g/mol. The monoisotopic (exact) mass is 458 g/mol. The van der Waals surface area contributed by atoms with Crippen LogP contribution in [0.5, 0.6) is 0 Å². The second-order valence-electron chi connectivity index (χ2n) is 7.10. The zero-order valence-corrected chi connectivity index (χ0v) is 18.5. The van der Waals surface area contributed by atoms with Gasteiger partial charge in [-0.3, -0.25) is 9.36 Å². The van der Waals surface area contributed by atoms with Crippen molar-refractivity contribution in [3.05, 3.63) is 34.6 Å². The highest BCUT2D eigenvalue weighted by Crippen LogP contribution is 2.50. The van der Waals surface area contributed by atoms with Gasteiger partial charge in [0.1, 0.15) is 11.3 Å². The molecule has 7 nitrogen and oxygen atoms in total. The molecule has 27 heavy (non-hydrogen) atoms. The van der Waals surface area contributed by atoms with Gasteiger partial charge in [0.25, 0.3) is 0 Å². The molecule has 0 fully saturated rings. The predicted octanol–water partition coefficient (Wildman–Crippen LogP) is 4.70. The molecular formula is C18H24BrN2O5P. The zero-order valence-electron chi connectivity index (χ0n) is 16.1. The minimum absolute atomic E-state index is 0.0216. The molecule has 1 heterocycles. The topological polar surface area (TPSA) is 91.5 Å². The smallest absolute Gasteiger partial charge is 0.319 e. The van der Waals surface area contributed by atoms with Crippen LogP contribution in [-0.4, -0.2) is 40.6 Å². The lowest BCUT2D eigenvalue weighted by Crippen LogP contribution is -2.33. The van der Waals surface area contributed by atoms with Gasteiger partial charge in [-0.25, -0.2) is 0 Å². The Balaban J connectivity index is 2.26. The van der Waals surface area contributed by atoms with Gasteiger partial charge >= 0.3 is 5.97 Å². The van der Waals surface area contributed by atoms with E-state index in [2.05, 4.69) is 26.1 Å². The molecule has 0 N–H and O–H groups in total. The number of benzene rings is 1. The fourth-order valence-electron chi connectivity index (χ4n) is 2.38. The van der Waals surface area contributed by atoms with Gasteiger partial charge in [0.15, 0.2) is 0 Å². The van der Waals surface area contributed by atoms with E-state index in [-0.39, 0.29) is 18.9 Å². The minimum atomic E-state index is -3.29. The van der Waals surface area contributed by atoms with Crippen LogP contribution in [0.4, 0.5) is 0 Å². The van der Waals surface area contributed by atoms with Crippen molar-refractivity contribution in [2.45, 2.75) is 45.4 Å². The fourth-order valence-corrected chi connectivity index (χ4v) is 4.26. The van der Waals surface area contributed by atoms with Crippen LogP contribution in [0, 0.1) is 0 Å². The summed E-state index contributed by atoms with van der Waals surface area (Å²) in [5.74, 6) is -0.0153. The summed E-state index contributed by atoms with van der Waals surface area (Å²) < 4.78 is 29.9. The van der Waals surface area contributed by atoms with E-state index in [1.807, 2.05) is 24.3 Å². The molecule has 2 rings (SSSR count). The molecule has 9 heteroatoms. The molecule has 0 aliphatic carbocycles. The number of carbonyl (C=O) groups is 1. The molecule has 2 unspecified atom stereocenters. The average Bonchev–Trinajstić information content (AvgIpc) is 3.00. The molecule has 2 atom stereocenters. The Kier molecular flexibility index (Phi) is 7.00. The number of nitrogens with zero attached hydrogens (tertiary/aromatic N) is 2. The lowest BCUT2D eigenvalue weighted by Gasteiger charge is -2.26. The number of carbonyl (C=O) groups excluding carboxylic acids is 1. The fraction of sp³-hybridized carbons (Fsp3) is 0.500. The maximum Gasteiger partial charge on any atom is 0.319 e. The zero-order chi connectivity index (χ0) is 20.2. The summed E-state index contributed by atoms with van der Waals surface area (Å²) >= 11 is 3.37. The van der Waals surface area contributed by atoms with E-state index in [1.54, 1.807) is 27.7 Å². The van der Waals surface area contributed by atoms with Gasteiger partial charge in [0.2, 0.25) is 19.1 Å². The third kappa shape index (κ3) is 6.26. The van der Waals surface area contributed by atoms with Crippen LogP contribution in [-0.2, 0) is 25.0 Å². The maximum absolute atomic E-state index is 12.9. The van der Waals surface area contributed by atoms with Crippen LogP contribution in [0.1, 0.15) is 33.6 Å². The molecule has 0 spiro atoms. The van der Waals surface area contributed by atoms with E-state index in [1.165, 1.54) is 6.66 Å². The first-order valence-corrected chi connectivity index (χ1v) is 11.5. The van der Waals surface area contributed by atoms with E-state index in [4.69, 9.17) is 13.8 Å². The second kappa shape index (κ2) is 8.67. The van der Waals surface area contributed by atoms with Gasteiger partial charge < -0.3 is 13.8 Å². The highest BCUT2D eigenvalue weighted by Gasteiger charge is 2.40. The van der Waals surface area contributed by atoms with Crippen molar-refractivity contribution in [3.63, 3.8) is 0 Å². The van der Waals surface area contributed by atoms with E-state index in [0.29, 0.717) is 5.82 Å². The SMILES string of the molecule is CCOP(C)(=O)C(Cc1nc(-c2ccc(Br)cc2)no1)C(=O)OC(C)(C)C. The summed E-state index contributed by atoms with van der Waals surface area (Å²) in [5.41, 5.74) is -0.958. The molecule has 0 aliphatic rings. The first-order chi connectivity index (χ1) is 12.5. The number of hydrogen-bond acceptors (Lipinski definition) is 7. The summed E-state index contributed by atoms with van der Waals surface area (Å²) in [6, 6.07) is 7.42. The lowest BCUT2D eigenvalue weighted by molar-refractivity contribution is -0.154. The summed E-state index contributed by atoms with van der Waals surface area (Å²) in [5, 5.41) is 3.95. The number of aromatic nitrogens is 2. The van der Waals surface area contributed by atoms with Crippen LogP contribution in [0.2, 0.25) is 0 Å². The van der Waals surface area contributed by atoms with E-state index in [9.17, 15) is 9.36 Å². The summed E-state index contributed by atoms with van der Waals surface area (Å²) in [4.78, 5) is 17.0. The van der Waals surface area contributed by atoms with Crippen LogP contribution < -0.4 is 0 Å². The first kappa shape index (κ1) is 21.8. The van der Waals surface area contributed by atoms with Crippen molar-refractivity contribution in [1.82, 2.24) is 10.1 Å². The van der Waals surface area contributed by atoms with Crippen molar-refractivity contribution in [2.75, 3.05) is 13.3 Å². The quantitative estimate of drug-likeness (QED) is 0.438. The Morgan fingerprint density at radius 3 is 2.48 bits per heavy atom. The van der Waals surface area contributed by atoms with Crippen LogP contribution >= 0.6 is 23.3 Å². The summed E-state index contributed by atoms with van der Waals surface area (Å²) in [6.45, 7) is 8.63. The second-order valence-corrected chi connectivity index (χ2v) is 10.7. The Hall–Kier alpha value is -1.50. The number of rotatable bonds is 7. The first-order valence-electron chi connectivity index (χ1n) is 8.55. The number of esters is 1. The molecule has 0 saturated carbocycles. The van der Waals surface area contributed by atoms with Gasteiger partial charge in [0, 0.05) is 23.1 Å². The van der Waals surface area contributed by atoms with Gasteiger partial charge in [-0.1, -0.05) is 21.1 Å². The predicted molar refractivity (Wildman–Crippen MR) is 106 cm³/mol. The molecule has 148 valence electrons. The third-order valence-corrected chi connectivity index (χ3v) is 6.39. The molecule has 0 saturated heterocycles. The van der Waals surface area contributed by atoms with Crippen molar-refractivity contribution >= 4 is 29.3 Å².